The van der Waals surface area contributed by atoms with Crippen LogP contribution in [-0.2, 0) is 0 Å². The van der Waals surface area contributed by atoms with Crippen LogP contribution in [0.1, 0.15) is 24.4 Å². The monoisotopic (exact) mass is 319 g/mol. The molecule has 4 heteroatoms. The third kappa shape index (κ3) is 3.80. The molecule has 0 aromatic heterocycles. The van der Waals surface area contributed by atoms with Gasteiger partial charge in [-0.3, -0.25) is 0 Å². The summed E-state index contributed by atoms with van der Waals surface area (Å²) in [6.45, 7) is 0.867. The second-order valence-electron chi connectivity index (χ2n) is 5.28. The largest absolute Gasteiger partial charge is 0.393 e. The van der Waals surface area contributed by atoms with E-state index in [0.717, 1.165) is 24.4 Å². The predicted octanol–water partition coefficient (Wildman–Crippen LogP) is 4.28. The van der Waals surface area contributed by atoms with Crippen molar-refractivity contribution in [3.63, 3.8) is 0 Å². The average Bonchev–Trinajstić information content (AvgIpc) is 2.50. The Labute approximate surface area is 134 Å². The van der Waals surface area contributed by atoms with Gasteiger partial charge in [0.1, 0.15) is 0 Å². The Morgan fingerprint density at radius 1 is 1.10 bits per heavy atom. The van der Waals surface area contributed by atoms with Crippen LogP contribution in [-0.4, -0.2) is 17.8 Å². The molecule has 2 nitrogen and oxygen atoms in total. The second kappa shape index (κ2) is 6.84. The summed E-state index contributed by atoms with van der Waals surface area (Å²) in [5.41, 5.74) is 1.26. The Morgan fingerprint density at radius 2 is 1.86 bits per heavy atom. The Morgan fingerprint density at radius 3 is 2.62 bits per heavy atom. The van der Waals surface area contributed by atoms with E-state index in [1.807, 2.05) is 24.3 Å². The SMILES string of the molecule is OC1CCNC(c2ccccc2Sc2ccc(Cl)cc2)C1. The van der Waals surface area contributed by atoms with Gasteiger partial charge < -0.3 is 10.4 Å². The first-order valence-electron chi connectivity index (χ1n) is 7.16. The first kappa shape index (κ1) is 14.9. The number of halogens is 1. The molecular formula is C17H18ClNOS. The molecule has 1 aliphatic rings. The average molecular weight is 320 g/mol. The summed E-state index contributed by atoms with van der Waals surface area (Å²) in [5.74, 6) is 0. The van der Waals surface area contributed by atoms with Crippen molar-refractivity contribution in [1.82, 2.24) is 5.32 Å². The van der Waals surface area contributed by atoms with E-state index in [-0.39, 0.29) is 12.1 Å². The van der Waals surface area contributed by atoms with E-state index in [9.17, 15) is 5.11 Å². The Hall–Kier alpha value is -1.00. The molecule has 0 saturated carbocycles. The van der Waals surface area contributed by atoms with Gasteiger partial charge in [0.2, 0.25) is 0 Å². The minimum absolute atomic E-state index is 0.204. The van der Waals surface area contributed by atoms with Crippen LogP contribution in [0.4, 0.5) is 0 Å². The van der Waals surface area contributed by atoms with Gasteiger partial charge in [0, 0.05) is 20.9 Å². The highest BCUT2D eigenvalue weighted by molar-refractivity contribution is 7.99. The molecule has 0 radical (unpaired) electrons. The van der Waals surface area contributed by atoms with Crippen LogP contribution in [0, 0.1) is 0 Å². The van der Waals surface area contributed by atoms with Crippen LogP contribution in [0.15, 0.2) is 58.3 Å². The van der Waals surface area contributed by atoms with Crippen LogP contribution in [0.2, 0.25) is 5.02 Å². The summed E-state index contributed by atoms with van der Waals surface area (Å²) in [6, 6.07) is 16.5. The maximum Gasteiger partial charge on any atom is 0.0570 e. The third-order valence-corrected chi connectivity index (χ3v) is 5.06. The van der Waals surface area contributed by atoms with Crippen molar-refractivity contribution in [2.75, 3.05) is 6.54 Å². The first-order chi connectivity index (χ1) is 10.2. The Balaban J connectivity index is 1.83. The van der Waals surface area contributed by atoms with Gasteiger partial charge in [-0.15, -0.1) is 0 Å². The summed E-state index contributed by atoms with van der Waals surface area (Å²) < 4.78 is 0. The maximum absolute atomic E-state index is 9.89. The molecule has 0 bridgehead atoms. The van der Waals surface area contributed by atoms with Gasteiger partial charge in [-0.05, 0) is 55.3 Å². The molecule has 2 unspecified atom stereocenters. The van der Waals surface area contributed by atoms with Crippen molar-refractivity contribution in [2.24, 2.45) is 0 Å². The number of aliphatic hydroxyl groups excluding tert-OH is 1. The molecular weight excluding hydrogens is 302 g/mol. The minimum Gasteiger partial charge on any atom is -0.393 e. The lowest BCUT2D eigenvalue weighted by molar-refractivity contribution is 0.116. The third-order valence-electron chi connectivity index (χ3n) is 3.71. The molecule has 0 spiro atoms. The van der Waals surface area contributed by atoms with Gasteiger partial charge in [0.05, 0.1) is 6.10 Å². The predicted molar refractivity (Wildman–Crippen MR) is 88.0 cm³/mol. The summed E-state index contributed by atoms with van der Waals surface area (Å²) in [4.78, 5) is 2.40. The van der Waals surface area contributed by atoms with E-state index in [1.54, 1.807) is 11.8 Å². The molecule has 0 aliphatic carbocycles. The highest BCUT2D eigenvalue weighted by atomic mass is 35.5. The number of hydrogen-bond acceptors (Lipinski definition) is 3. The number of benzene rings is 2. The molecule has 2 atom stereocenters. The Kier molecular flexibility index (Phi) is 4.86. The highest BCUT2D eigenvalue weighted by Gasteiger charge is 2.22. The van der Waals surface area contributed by atoms with Crippen molar-refractivity contribution in [3.05, 3.63) is 59.1 Å². The first-order valence-corrected chi connectivity index (χ1v) is 8.35. The molecule has 2 aromatic rings. The van der Waals surface area contributed by atoms with E-state index < -0.39 is 0 Å². The number of hydrogen-bond donors (Lipinski definition) is 2. The lowest BCUT2D eigenvalue weighted by Crippen LogP contribution is -2.34. The lowest BCUT2D eigenvalue weighted by atomic mass is 9.95. The zero-order chi connectivity index (χ0) is 14.7. The molecule has 0 amide bonds. The number of nitrogens with one attached hydrogen (secondary N) is 1. The van der Waals surface area contributed by atoms with Crippen LogP contribution in [0.3, 0.4) is 0 Å². The fraction of sp³-hybridized carbons (Fsp3) is 0.294. The van der Waals surface area contributed by atoms with Crippen molar-refractivity contribution < 1.29 is 5.11 Å². The number of aliphatic hydroxyl groups is 1. The van der Waals surface area contributed by atoms with Gasteiger partial charge in [-0.25, -0.2) is 0 Å². The van der Waals surface area contributed by atoms with E-state index in [2.05, 4.69) is 29.6 Å². The molecule has 1 saturated heterocycles. The van der Waals surface area contributed by atoms with Crippen molar-refractivity contribution in [2.45, 2.75) is 34.8 Å². The second-order valence-corrected chi connectivity index (χ2v) is 6.83. The molecule has 2 N–H and O–H groups in total. The van der Waals surface area contributed by atoms with Crippen LogP contribution < -0.4 is 5.32 Å². The zero-order valence-electron chi connectivity index (χ0n) is 11.6. The van der Waals surface area contributed by atoms with E-state index in [4.69, 9.17) is 11.6 Å². The molecule has 1 heterocycles. The number of rotatable bonds is 3. The van der Waals surface area contributed by atoms with E-state index in [1.165, 1.54) is 15.4 Å². The standard InChI is InChI=1S/C17H18ClNOS/c18-12-5-7-14(8-6-12)21-17-4-2-1-3-15(17)16-11-13(20)9-10-19-16/h1-8,13,16,19-20H,9-11H2. The summed E-state index contributed by atoms with van der Waals surface area (Å²) in [7, 11) is 0. The molecule has 3 rings (SSSR count). The maximum atomic E-state index is 9.89. The van der Waals surface area contributed by atoms with Crippen LogP contribution >= 0.6 is 23.4 Å². The Bertz CT molecular complexity index is 602. The fourth-order valence-corrected chi connectivity index (χ4v) is 3.75. The summed E-state index contributed by atoms with van der Waals surface area (Å²) >= 11 is 7.67. The van der Waals surface area contributed by atoms with Gasteiger partial charge in [-0.2, -0.15) is 0 Å². The van der Waals surface area contributed by atoms with E-state index >= 15 is 0 Å². The summed E-state index contributed by atoms with van der Waals surface area (Å²) in [5, 5.41) is 14.2. The van der Waals surface area contributed by atoms with Crippen LogP contribution in [0.25, 0.3) is 0 Å². The van der Waals surface area contributed by atoms with Gasteiger partial charge >= 0.3 is 0 Å². The minimum atomic E-state index is -0.204. The van der Waals surface area contributed by atoms with Crippen molar-refractivity contribution >= 4 is 23.4 Å². The smallest absolute Gasteiger partial charge is 0.0570 e. The molecule has 1 fully saturated rings. The topological polar surface area (TPSA) is 32.3 Å². The van der Waals surface area contributed by atoms with Gasteiger partial charge in [-0.1, -0.05) is 41.6 Å². The molecule has 110 valence electrons. The summed E-state index contributed by atoms with van der Waals surface area (Å²) in [6.07, 6.45) is 1.41. The van der Waals surface area contributed by atoms with Crippen LogP contribution in [0.5, 0.6) is 0 Å². The molecule has 2 aromatic carbocycles. The molecule has 21 heavy (non-hydrogen) atoms. The van der Waals surface area contributed by atoms with Gasteiger partial charge in [0.15, 0.2) is 0 Å². The normalized spacial score (nSPS) is 22.2. The van der Waals surface area contributed by atoms with Crippen molar-refractivity contribution in [3.8, 4) is 0 Å². The number of piperidine rings is 1. The highest BCUT2D eigenvalue weighted by Crippen LogP contribution is 2.36. The van der Waals surface area contributed by atoms with E-state index in [0.29, 0.717) is 0 Å². The zero-order valence-corrected chi connectivity index (χ0v) is 13.2. The van der Waals surface area contributed by atoms with Gasteiger partial charge in [0.25, 0.3) is 0 Å². The lowest BCUT2D eigenvalue weighted by Gasteiger charge is -2.29. The quantitative estimate of drug-likeness (QED) is 0.885. The van der Waals surface area contributed by atoms with Crippen molar-refractivity contribution in [1.29, 1.82) is 0 Å². The molecule has 1 aliphatic heterocycles. The fourth-order valence-electron chi connectivity index (χ4n) is 2.63.